The highest BCUT2D eigenvalue weighted by atomic mass is 35.5. The minimum absolute atomic E-state index is 0.187. The van der Waals surface area contributed by atoms with Crippen LogP contribution in [0.1, 0.15) is 20.3 Å². The van der Waals surface area contributed by atoms with Gasteiger partial charge in [0.05, 0.1) is 6.26 Å². The summed E-state index contributed by atoms with van der Waals surface area (Å²) in [5.74, 6) is 0.0690. The molecule has 0 saturated carbocycles. The van der Waals surface area contributed by atoms with Gasteiger partial charge in [0, 0.05) is 24.4 Å². The SMILES string of the molecule is CC(C)(CNC(=O)CCCl)NS(C)(=O)=O. The Kier molecular flexibility index (Phi) is 5.55. The van der Waals surface area contributed by atoms with E-state index in [2.05, 4.69) is 10.0 Å². The molecule has 0 aliphatic heterocycles. The molecular weight excluding hydrogens is 240 g/mol. The maximum atomic E-state index is 11.1. The van der Waals surface area contributed by atoms with Crippen molar-refractivity contribution >= 4 is 27.5 Å². The molecule has 0 aromatic carbocycles. The predicted octanol–water partition coefficient (Wildman–Crippen LogP) is 0.0593. The third kappa shape index (κ3) is 8.65. The lowest BCUT2D eigenvalue weighted by Gasteiger charge is -2.25. The lowest BCUT2D eigenvalue weighted by molar-refractivity contribution is -0.120. The third-order valence-electron chi connectivity index (χ3n) is 1.51. The van der Waals surface area contributed by atoms with Crippen LogP contribution in [0.25, 0.3) is 0 Å². The molecule has 5 nitrogen and oxygen atoms in total. The van der Waals surface area contributed by atoms with E-state index in [9.17, 15) is 13.2 Å². The van der Waals surface area contributed by atoms with Crippen LogP contribution in [0.4, 0.5) is 0 Å². The van der Waals surface area contributed by atoms with Crippen LogP contribution >= 0.6 is 11.6 Å². The predicted molar refractivity (Wildman–Crippen MR) is 60.4 cm³/mol. The first-order chi connectivity index (χ1) is 6.66. The summed E-state index contributed by atoms with van der Waals surface area (Å²) in [4.78, 5) is 11.1. The Morgan fingerprint density at radius 3 is 2.33 bits per heavy atom. The van der Waals surface area contributed by atoms with Gasteiger partial charge in [0.1, 0.15) is 0 Å². The summed E-state index contributed by atoms with van der Waals surface area (Å²) in [6.07, 6.45) is 1.31. The quantitative estimate of drug-likeness (QED) is 0.660. The lowest BCUT2D eigenvalue weighted by Crippen LogP contribution is -2.51. The molecule has 0 aliphatic carbocycles. The van der Waals surface area contributed by atoms with Gasteiger partial charge in [-0.3, -0.25) is 4.79 Å². The molecule has 0 bridgehead atoms. The highest BCUT2D eigenvalue weighted by Gasteiger charge is 2.22. The van der Waals surface area contributed by atoms with Crippen LogP contribution in [0.15, 0.2) is 0 Å². The second kappa shape index (κ2) is 5.67. The Bertz CT molecular complexity index is 314. The van der Waals surface area contributed by atoms with Crippen molar-refractivity contribution < 1.29 is 13.2 Å². The Morgan fingerprint density at radius 2 is 1.93 bits per heavy atom. The van der Waals surface area contributed by atoms with Crippen LogP contribution < -0.4 is 10.0 Å². The molecule has 0 aliphatic rings. The number of carbonyl (C=O) groups is 1. The van der Waals surface area contributed by atoms with Crippen molar-refractivity contribution in [1.82, 2.24) is 10.0 Å². The normalized spacial score (nSPS) is 12.5. The molecule has 0 aromatic heterocycles. The summed E-state index contributed by atoms with van der Waals surface area (Å²) in [7, 11) is -3.27. The number of rotatable bonds is 6. The van der Waals surface area contributed by atoms with Crippen LogP contribution in [0.5, 0.6) is 0 Å². The fourth-order valence-electron chi connectivity index (χ4n) is 1.03. The molecule has 0 atom stereocenters. The van der Waals surface area contributed by atoms with Gasteiger partial charge < -0.3 is 5.32 Å². The number of alkyl halides is 1. The number of hydrogen-bond donors (Lipinski definition) is 2. The van der Waals surface area contributed by atoms with E-state index in [1.807, 2.05) is 0 Å². The highest BCUT2D eigenvalue weighted by Crippen LogP contribution is 2.02. The zero-order chi connectivity index (χ0) is 12.1. The molecule has 2 N–H and O–H groups in total. The highest BCUT2D eigenvalue weighted by molar-refractivity contribution is 7.88. The maximum Gasteiger partial charge on any atom is 0.221 e. The van der Waals surface area contributed by atoms with Gasteiger partial charge in [0.2, 0.25) is 15.9 Å². The van der Waals surface area contributed by atoms with Crippen molar-refractivity contribution in [3.8, 4) is 0 Å². The summed E-state index contributed by atoms with van der Waals surface area (Å²) in [6, 6.07) is 0. The van der Waals surface area contributed by atoms with Crippen molar-refractivity contribution in [2.75, 3.05) is 18.7 Å². The standard InChI is InChI=1S/C8H17ClN2O3S/c1-8(2,11-15(3,13)14)6-10-7(12)4-5-9/h11H,4-6H2,1-3H3,(H,10,12). The summed E-state index contributed by atoms with van der Waals surface area (Å²) in [5.41, 5.74) is -0.699. The smallest absolute Gasteiger partial charge is 0.221 e. The van der Waals surface area contributed by atoms with Gasteiger partial charge in [0.25, 0.3) is 0 Å². The molecule has 0 heterocycles. The van der Waals surface area contributed by atoms with Gasteiger partial charge in [-0.2, -0.15) is 0 Å². The molecule has 7 heteroatoms. The molecule has 0 fully saturated rings. The lowest BCUT2D eigenvalue weighted by atomic mass is 10.1. The average molecular weight is 257 g/mol. The van der Waals surface area contributed by atoms with Gasteiger partial charge in [0.15, 0.2) is 0 Å². The van der Waals surface area contributed by atoms with E-state index < -0.39 is 15.6 Å². The zero-order valence-electron chi connectivity index (χ0n) is 9.13. The number of amides is 1. The molecule has 0 spiro atoms. The van der Waals surface area contributed by atoms with E-state index in [0.717, 1.165) is 6.26 Å². The number of halogens is 1. The molecule has 1 amide bonds. The monoisotopic (exact) mass is 256 g/mol. The Balaban J connectivity index is 4.10. The summed E-state index contributed by atoms with van der Waals surface area (Å²) in [5, 5.41) is 2.60. The minimum Gasteiger partial charge on any atom is -0.354 e. The third-order valence-corrected chi connectivity index (χ3v) is 2.62. The second-order valence-electron chi connectivity index (χ2n) is 3.97. The number of carbonyl (C=O) groups excluding carboxylic acids is 1. The number of hydrogen-bond acceptors (Lipinski definition) is 3. The fraction of sp³-hybridized carbons (Fsp3) is 0.875. The molecule has 0 rings (SSSR count). The molecule has 0 aromatic rings. The maximum absolute atomic E-state index is 11.1. The average Bonchev–Trinajstić information content (AvgIpc) is 1.97. The number of sulfonamides is 1. The van der Waals surface area contributed by atoms with Crippen LogP contribution in [0.2, 0.25) is 0 Å². The fourth-order valence-corrected chi connectivity index (χ4v) is 2.28. The summed E-state index contributed by atoms with van der Waals surface area (Å²) < 4.78 is 24.4. The van der Waals surface area contributed by atoms with E-state index in [4.69, 9.17) is 11.6 Å². The molecule has 0 saturated heterocycles. The van der Waals surface area contributed by atoms with E-state index in [0.29, 0.717) is 0 Å². The van der Waals surface area contributed by atoms with Crippen LogP contribution in [-0.2, 0) is 14.8 Å². The van der Waals surface area contributed by atoms with Crippen molar-refractivity contribution in [3.63, 3.8) is 0 Å². The van der Waals surface area contributed by atoms with Gasteiger partial charge in [-0.05, 0) is 13.8 Å². The largest absolute Gasteiger partial charge is 0.354 e. The van der Waals surface area contributed by atoms with Crippen LogP contribution in [0, 0.1) is 0 Å². The topological polar surface area (TPSA) is 75.3 Å². The van der Waals surface area contributed by atoms with Crippen molar-refractivity contribution in [3.05, 3.63) is 0 Å². The number of nitrogens with one attached hydrogen (secondary N) is 2. The van der Waals surface area contributed by atoms with Crippen LogP contribution in [-0.4, -0.2) is 38.5 Å². The van der Waals surface area contributed by atoms with Crippen LogP contribution in [0.3, 0.4) is 0 Å². The first-order valence-corrected chi connectivity index (χ1v) is 6.90. The van der Waals surface area contributed by atoms with Crippen molar-refractivity contribution in [2.24, 2.45) is 0 Å². The Labute approximate surface area is 95.6 Å². The molecule has 15 heavy (non-hydrogen) atoms. The van der Waals surface area contributed by atoms with Gasteiger partial charge >= 0.3 is 0 Å². The molecular formula is C8H17ClN2O3S. The Hall–Kier alpha value is -0.330. The summed E-state index contributed by atoms with van der Waals surface area (Å²) in [6.45, 7) is 3.61. The van der Waals surface area contributed by atoms with Gasteiger partial charge in [-0.15, -0.1) is 11.6 Å². The van der Waals surface area contributed by atoms with E-state index in [1.165, 1.54) is 0 Å². The van der Waals surface area contributed by atoms with E-state index in [1.54, 1.807) is 13.8 Å². The first kappa shape index (κ1) is 14.7. The zero-order valence-corrected chi connectivity index (χ0v) is 10.7. The van der Waals surface area contributed by atoms with Crippen molar-refractivity contribution in [2.45, 2.75) is 25.8 Å². The van der Waals surface area contributed by atoms with E-state index in [-0.39, 0.29) is 24.8 Å². The summed E-state index contributed by atoms with van der Waals surface area (Å²) >= 11 is 5.38. The minimum atomic E-state index is -3.27. The second-order valence-corrected chi connectivity index (χ2v) is 6.10. The van der Waals surface area contributed by atoms with E-state index >= 15 is 0 Å². The first-order valence-electron chi connectivity index (χ1n) is 4.48. The molecule has 90 valence electrons. The van der Waals surface area contributed by atoms with Crippen molar-refractivity contribution in [1.29, 1.82) is 0 Å². The Morgan fingerprint density at radius 1 is 1.40 bits per heavy atom. The van der Waals surface area contributed by atoms with Gasteiger partial charge in [-0.25, -0.2) is 13.1 Å². The van der Waals surface area contributed by atoms with Gasteiger partial charge in [-0.1, -0.05) is 0 Å². The molecule has 0 unspecified atom stereocenters. The molecule has 0 radical (unpaired) electrons.